The molecule has 1 aromatic rings. The van der Waals surface area contributed by atoms with Crippen molar-refractivity contribution in [2.45, 2.75) is 50.3 Å². The Morgan fingerprint density at radius 2 is 1.85 bits per heavy atom. The lowest BCUT2D eigenvalue weighted by atomic mass is 9.98. The van der Waals surface area contributed by atoms with Gasteiger partial charge in [0.1, 0.15) is 5.82 Å². The maximum absolute atomic E-state index is 13.1. The van der Waals surface area contributed by atoms with Gasteiger partial charge in [-0.2, -0.15) is 11.8 Å². The predicted octanol–water partition coefficient (Wildman–Crippen LogP) is 4.79. The fourth-order valence-corrected chi connectivity index (χ4v) is 3.62. The fraction of sp³-hybridized carbons (Fsp3) is 0.647. The van der Waals surface area contributed by atoms with Crippen LogP contribution in [0.3, 0.4) is 0 Å². The van der Waals surface area contributed by atoms with Crippen LogP contribution in [0.25, 0.3) is 0 Å². The van der Waals surface area contributed by atoms with E-state index >= 15 is 0 Å². The molecule has 2 rings (SSSR count). The Hall–Kier alpha value is -0.540. The lowest BCUT2D eigenvalue weighted by Gasteiger charge is -2.32. The van der Waals surface area contributed by atoms with Gasteiger partial charge in [-0.05, 0) is 55.6 Å². The number of benzene rings is 1. The van der Waals surface area contributed by atoms with Crippen LogP contribution >= 0.6 is 11.8 Å². The number of nitrogens with one attached hydrogen (secondary N) is 1. The molecule has 0 aromatic heterocycles. The minimum Gasteiger partial charge on any atom is -0.308 e. The van der Waals surface area contributed by atoms with Gasteiger partial charge < -0.3 is 5.32 Å². The molecule has 1 saturated carbocycles. The second-order valence-corrected chi connectivity index (χ2v) is 7.12. The summed E-state index contributed by atoms with van der Waals surface area (Å²) in [5.41, 5.74) is 1.23. The molecule has 0 radical (unpaired) electrons. The highest BCUT2D eigenvalue weighted by Crippen LogP contribution is 2.42. The van der Waals surface area contributed by atoms with E-state index in [0.717, 1.165) is 12.5 Å². The third kappa shape index (κ3) is 3.76. The van der Waals surface area contributed by atoms with Crippen LogP contribution in [0.1, 0.15) is 51.1 Å². The third-order valence-corrected chi connectivity index (χ3v) is 6.28. The zero-order valence-electron chi connectivity index (χ0n) is 12.8. The van der Waals surface area contributed by atoms with E-state index in [4.69, 9.17) is 0 Å². The van der Waals surface area contributed by atoms with Gasteiger partial charge in [0, 0.05) is 17.3 Å². The molecule has 1 aliphatic carbocycles. The molecule has 1 aromatic carbocycles. The molecule has 0 saturated heterocycles. The van der Waals surface area contributed by atoms with Gasteiger partial charge in [-0.15, -0.1) is 0 Å². The van der Waals surface area contributed by atoms with Gasteiger partial charge in [-0.25, -0.2) is 4.39 Å². The Morgan fingerprint density at radius 1 is 1.25 bits per heavy atom. The van der Waals surface area contributed by atoms with Crippen LogP contribution in [0.2, 0.25) is 0 Å². The quantitative estimate of drug-likeness (QED) is 0.740. The van der Waals surface area contributed by atoms with Crippen molar-refractivity contribution >= 4 is 11.8 Å². The van der Waals surface area contributed by atoms with E-state index in [0.29, 0.717) is 10.8 Å². The number of halogens is 1. The molecule has 20 heavy (non-hydrogen) atoms. The second kappa shape index (κ2) is 6.95. The van der Waals surface area contributed by atoms with Crippen molar-refractivity contribution in [2.24, 2.45) is 5.92 Å². The molecule has 1 unspecified atom stereocenters. The maximum atomic E-state index is 13.1. The SMILES string of the molecule is CCC(CC)(CNC(c1ccc(F)cc1)C1CC1)SC. The topological polar surface area (TPSA) is 12.0 Å². The van der Waals surface area contributed by atoms with Gasteiger partial charge in [0.05, 0.1) is 0 Å². The molecule has 3 heteroatoms. The zero-order chi connectivity index (χ0) is 14.6. The lowest BCUT2D eigenvalue weighted by Crippen LogP contribution is -2.39. The minimum absolute atomic E-state index is 0.149. The van der Waals surface area contributed by atoms with Gasteiger partial charge in [0.15, 0.2) is 0 Å². The standard InChI is InChI=1S/C17H26FNS/c1-4-17(5-2,20-3)12-19-16(13-6-7-13)14-8-10-15(18)11-9-14/h8-11,13,16,19H,4-7,12H2,1-3H3. The summed E-state index contributed by atoms with van der Waals surface area (Å²) in [6, 6.07) is 7.41. The summed E-state index contributed by atoms with van der Waals surface area (Å²) in [5, 5.41) is 3.77. The number of hydrogen-bond donors (Lipinski definition) is 1. The summed E-state index contributed by atoms with van der Waals surface area (Å²) in [6.45, 7) is 5.57. The van der Waals surface area contributed by atoms with E-state index in [2.05, 4.69) is 25.4 Å². The van der Waals surface area contributed by atoms with Crippen LogP contribution in [-0.2, 0) is 0 Å². The molecule has 1 aliphatic rings. The van der Waals surface area contributed by atoms with Crippen molar-refractivity contribution in [3.8, 4) is 0 Å². The van der Waals surface area contributed by atoms with E-state index in [-0.39, 0.29) is 5.82 Å². The highest BCUT2D eigenvalue weighted by molar-refractivity contribution is 8.00. The summed E-state index contributed by atoms with van der Waals surface area (Å²) >= 11 is 1.97. The van der Waals surface area contributed by atoms with Crippen LogP contribution in [0.5, 0.6) is 0 Å². The van der Waals surface area contributed by atoms with Crippen molar-refractivity contribution < 1.29 is 4.39 Å². The predicted molar refractivity (Wildman–Crippen MR) is 86.7 cm³/mol. The Morgan fingerprint density at radius 3 is 2.30 bits per heavy atom. The van der Waals surface area contributed by atoms with Crippen molar-refractivity contribution in [3.05, 3.63) is 35.6 Å². The van der Waals surface area contributed by atoms with Crippen molar-refractivity contribution in [2.75, 3.05) is 12.8 Å². The Balaban J connectivity index is 2.05. The molecule has 0 amide bonds. The first-order chi connectivity index (χ1) is 9.64. The van der Waals surface area contributed by atoms with E-state index in [1.807, 2.05) is 23.9 Å². The van der Waals surface area contributed by atoms with Gasteiger partial charge in [-0.3, -0.25) is 0 Å². The Kier molecular flexibility index (Phi) is 5.50. The van der Waals surface area contributed by atoms with E-state index in [1.54, 1.807) is 12.1 Å². The van der Waals surface area contributed by atoms with Crippen molar-refractivity contribution in [1.82, 2.24) is 5.32 Å². The molecule has 1 fully saturated rings. The second-order valence-electron chi connectivity index (χ2n) is 5.84. The maximum Gasteiger partial charge on any atom is 0.123 e. The average Bonchev–Trinajstić information content (AvgIpc) is 3.31. The molecule has 1 N–H and O–H groups in total. The molecule has 0 aliphatic heterocycles. The number of hydrogen-bond acceptors (Lipinski definition) is 2. The molecular formula is C17H26FNS. The van der Waals surface area contributed by atoms with Crippen LogP contribution in [0.4, 0.5) is 4.39 Å². The third-order valence-electron chi connectivity index (χ3n) is 4.69. The smallest absolute Gasteiger partial charge is 0.123 e. The molecule has 0 heterocycles. The summed E-state index contributed by atoms with van der Waals surface area (Å²) < 4.78 is 13.4. The van der Waals surface area contributed by atoms with Crippen LogP contribution in [-0.4, -0.2) is 17.5 Å². The Bertz CT molecular complexity index is 401. The van der Waals surface area contributed by atoms with Gasteiger partial charge >= 0.3 is 0 Å². The average molecular weight is 295 g/mol. The van der Waals surface area contributed by atoms with Crippen LogP contribution in [0, 0.1) is 11.7 Å². The summed E-state index contributed by atoms with van der Waals surface area (Å²) in [6.07, 6.45) is 7.15. The first-order valence-corrected chi connectivity index (χ1v) is 8.90. The summed E-state index contributed by atoms with van der Waals surface area (Å²) in [7, 11) is 0. The highest BCUT2D eigenvalue weighted by Gasteiger charge is 2.34. The number of rotatable bonds is 8. The largest absolute Gasteiger partial charge is 0.308 e. The molecule has 0 bridgehead atoms. The highest BCUT2D eigenvalue weighted by atomic mass is 32.2. The van der Waals surface area contributed by atoms with E-state index < -0.39 is 0 Å². The van der Waals surface area contributed by atoms with Crippen molar-refractivity contribution in [1.29, 1.82) is 0 Å². The first-order valence-electron chi connectivity index (χ1n) is 7.68. The van der Waals surface area contributed by atoms with Gasteiger partial charge in [0.2, 0.25) is 0 Å². The number of thioether (sulfide) groups is 1. The normalized spacial score (nSPS) is 17.2. The van der Waals surface area contributed by atoms with E-state index in [1.165, 1.54) is 31.2 Å². The monoisotopic (exact) mass is 295 g/mol. The lowest BCUT2D eigenvalue weighted by molar-refractivity contribution is 0.418. The van der Waals surface area contributed by atoms with Gasteiger partial charge in [0.25, 0.3) is 0 Å². The molecule has 0 spiro atoms. The summed E-state index contributed by atoms with van der Waals surface area (Å²) in [4.78, 5) is 0. The van der Waals surface area contributed by atoms with Crippen molar-refractivity contribution in [3.63, 3.8) is 0 Å². The van der Waals surface area contributed by atoms with Crippen LogP contribution < -0.4 is 5.32 Å². The van der Waals surface area contributed by atoms with E-state index in [9.17, 15) is 4.39 Å². The molecule has 1 nitrogen and oxygen atoms in total. The summed E-state index contributed by atoms with van der Waals surface area (Å²) in [5.74, 6) is 0.581. The zero-order valence-corrected chi connectivity index (χ0v) is 13.6. The van der Waals surface area contributed by atoms with Crippen LogP contribution in [0.15, 0.2) is 24.3 Å². The van der Waals surface area contributed by atoms with Gasteiger partial charge in [-0.1, -0.05) is 26.0 Å². The molecule has 112 valence electrons. The fourth-order valence-electron chi connectivity index (χ4n) is 2.81. The molecular weight excluding hydrogens is 269 g/mol. The Labute approximate surface area is 126 Å². The molecule has 1 atom stereocenters. The minimum atomic E-state index is -0.149. The first kappa shape index (κ1) is 15.8.